The van der Waals surface area contributed by atoms with Crippen LogP contribution in [0.25, 0.3) is 0 Å². The van der Waals surface area contributed by atoms with Gasteiger partial charge in [0.25, 0.3) is 0 Å². The van der Waals surface area contributed by atoms with Crippen molar-refractivity contribution in [1.29, 1.82) is 0 Å². The topological polar surface area (TPSA) is 26.8 Å². The molecule has 0 spiro atoms. The highest BCUT2D eigenvalue weighted by molar-refractivity contribution is 5.76. The molecule has 2 aliphatic heterocycles. The maximum absolute atomic E-state index is 13.1. The van der Waals surface area contributed by atoms with E-state index in [-0.39, 0.29) is 11.7 Å². The fourth-order valence-electron chi connectivity index (χ4n) is 3.68. The number of anilines is 1. The summed E-state index contributed by atoms with van der Waals surface area (Å²) >= 11 is 0. The number of carbonyl (C=O) groups excluding carboxylic acids is 1. The number of nitrogens with zero attached hydrogens (tertiary/aromatic N) is 3. The third-order valence-electron chi connectivity index (χ3n) is 5.02. The molecule has 0 N–H and O–H groups in total. The number of likely N-dealkylation sites (tertiary alicyclic amines) is 1. The average Bonchev–Trinajstić information content (AvgIpc) is 2.77. The largest absolute Gasteiger partial charge is 0.370 e. The summed E-state index contributed by atoms with van der Waals surface area (Å²) < 4.78 is 13.1. The molecule has 1 atom stereocenters. The van der Waals surface area contributed by atoms with E-state index in [1.807, 2.05) is 24.1 Å². The number of rotatable bonds is 3. The predicted octanol–water partition coefficient (Wildman–Crippen LogP) is 2.21. The first kappa shape index (κ1) is 16.2. The summed E-state index contributed by atoms with van der Waals surface area (Å²) in [5.74, 6) is 0.691. The van der Waals surface area contributed by atoms with Gasteiger partial charge in [0.05, 0.1) is 0 Å². The lowest BCUT2D eigenvalue weighted by Gasteiger charge is -2.33. The van der Waals surface area contributed by atoms with Gasteiger partial charge in [0.1, 0.15) is 5.82 Å². The van der Waals surface area contributed by atoms with Crippen molar-refractivity contribution in [2.75, 3.05) is 51.2 Å². The Labute approximate surface area is 137 Å². The van der Waals surface area contributed by atoms with Gasteiger partial charge in [-0.05, 0) is 49.6 Å². The fraction of sp³-hybridized carbons (Fsp3) is 0.611. The lowest BCUT2D eigenvalue weighted by atomic mass is 9.97. The minimum absolute atomic E-state index is 0.179. The Hall–Kier alpha value is -1.62. The SMILES string of the molecule is CN1CC(CN2CCCN(c3ccc(F)cc3)CC2)CCC1=O. The molecule has 0 saturated carbocycles. The van der Waals surface area contributed by atoms with E-state index in [1.165, 1.54) is 12.1 Å². The molecule has 4 nitrogen and oxygen atoms in total. The Morgan fingerprint density at radius 2 is 1.91 bits per heavy atom. The molecule has 2 saturated heterocycles. The van der Waals surface area contributed by atoms with Gasteiger partial charge in [0.15, 0.2) is 0 Å². The van der Waals surface area contributed by atoms with E-state index in [2.05, 4.69) is 9.80 Å². The van der Waals surface area contributed by atoms with Crippen molar-refractivity contribution in [2.24, 2.45) is 5.92 Å². The summed E-state index contributed by atoms with van der Waals surface area (Å²) in [6.45, 7) is 6.10. The van der Waals surface area contributed by atoms with Gasteiger partial charge in [-0.1, -0.05) is 0 Å². The molecule has 0 aliphatic carbocycles. The number of halogens is 1. The van der Waals surface area contributed by atoms with Crippen LogP contribution in [0.2, 0.25) is 0 Å². The van der Waals surface area contributed by atoms with Crippen molar-refractivity contribution in [1.82, 2.24) is 9.80 Å². The first-order valence-electron chi connectivity index (χ1n) is 8.58. The van der Waals surface area contributed by atoms with Crippen LogP contribution in [0.15, 0.2) is 24.3 Å². The summed E-state index contributed by atoms with van der Waals surface area (Å²) in [6.07, 6.45) is 2.83. The Balaban J connectivity index is 1.52. The molecule has 1 unspecified atom stereocenters. The Morgan fingerprint density at radius 3 is 2.65 bits per heavy atom. The second kappa shape index (κ2) is 7.30. The number of amides is 1. The van der Waals surface area contributed by atoms with Crippen LogP contribution in [-0.2, 0) is 4.79 Å². The second-order valence-electron chi connectivity index (χ2n) is 6.80. The van der Waals surface area contributed by atoms with E-state index < -0.39 is 0 Å². The molecule has 2 aliphatic rings. The Morgan fingerprint density at radius 1 is 1.13 bits per heavy atom. The Kier molecular flexibility index (Phi) is 5.16. The molecule has 1 amide bonds. The molecule has 0 radical (unpaired) electrons. The summed E-state index contributed by atoms with van der Waals surface area (Å²) in [5, 5.41) is 0. The van der Waals surface area contributed by atoms with E-state index >= 15 is 0 Å². The zero-order valence-electron chi connectivity index (χ0n) is 13.9. The molecular formula is C18H26FN3O. The quantitative estimate of drug-likeness (QED) is 0.855. The second-order valence-corrected chi connectivity index (χ2v) is 6.80. The van der Waals surface area contributed by atoms with Gasteiger partial charge in [0.2, 0.25) is 5.91 Å². The smallest absolute Gasteiger partial charge is 0.222 e. The van der Waals surface area contributed by atoms with Crippen molar-refractivity contribution < 1.29 is 9.18 Å². The van der Waals surface area contributed by atoms with Crippen LogP contribution in [0, 0.1) is 11.7 Å². The van der Waals surface area contributed by atoms with Gasteiger partial charge in [-0.2, -0.15) is 0 Å². The van der Waals surface area contributed by atoms with Crippen LogP contribution in [-0.4, -0.2) is 62.0 Å². The molecule has 2 heterocycles. The first-order chi connectivity index (χ1) is 11.1. The van der Waals surface area contributed by atoms with E-state index in [0.29, 0.717) is 12.3 Å². The Bertz CT molecular complexity index is 534. The number of benzene rings is 1. The average molecular weight is 319 g/mol. The van der Waals surface area contributed by atoms with E-state index in [4.69, 9.17) is 0 Å². The molecule has 0 aromatic heterocycles. The first-order valence-corrected chi connectivity index (χ1v) is 8.58. The normalized spacial score (nSPS) is 23.9. The van der Waals surface area contributed by atoms with Gasteiger partial charge in [0, 0.05) is 51.9 Å². The molecule has 5 heteroatoms. The summed E-state index contributed by atoms with van der Waals surface area (Å²) in [4.78, 5) is 18.3. The summed E-state index contributed by atoms with van der Waals surface area (Å²) in [6, 6.07) is 6.80. The van der Waals surface area contributed by atoms with E-state index in [1.54, 1.807) is 0 Å². The maximum atomic E-state index is 13.1. The molecular weight excluding hydrogens is 293 g/mol. The molecule has 126 valence electrons. The predicted molar refractivity (Wildman–Crippen MR) is 90.0 cm³/mol. The van der Waals surface area contributed by atoms with Crippen LogP contribution in [0.3, 0.4) is 0 Å². The minimum Gasteiger partial charge on any atom is -0.370 e. The van der Waals surface area contributed by atoms with Crippen LogP contribution in [0.5, 0.6) is 0 Å². The summed E-state index contributed by atoms with van der Waals surface area (Å²) in [7, 11) is 1.91. The zero-order chi connectivity index (χ0) is 16.2. The molecule has 3 rings (SSSR count). The monoisotopic (exact) mass is 319 g/mol. The highest BCUT2D eigenvalue weighted by Crippen LogP contribution is 2.20. The standard InChI is InChI=1S/C18H26FN3O/c1-20-13-15(3-8-18(20)23)14-21-9-2-10-22(12-11-21)17-6-4-16(19)5-7-17/h4-7,15H,2-3,8-14H2,1H3. The van der Waals surface area contributed by atoms with Gasteiger partial charge in [-0.3, -0.25) is 4.79 Å². The molecule has 1 aromatic carbocycles. The van der Waals surface area contributed by atoms with Gasteiger partial charge >= 0.3 is 0 Å². The number of hydrogen-bond acceptors (Lipinski definition) is 3. The third kappa shape index (κ3) is 4.22. The van der Waals surface area contributed by atoms with Crippen molar-refractivity contribution >= 4 is 11.6 Å². The van der Waals surface area contributed by atoms with E-state index in [0.717, 1.165) is 57.8 Å². The van der Waals surface area contributed by atoms with Crippen LogP contribution < -0.4 is 4.90 Å². The highest BCUT2D eigenvalue weighted by Gasteiger charge is 2.25. The molecule has 2 fully saturated rings. The van der Waals surface area contributed by atoms with Crippen molar-refractivity contribution in [3.63, 3.8) is 0 Å². The third-order valence-corrected chi connectivity index (χ3v) is 5.02. The van der Waals surface area contributed by atoms with Crippen molar-refractivity contribution in [2.45, 2.75) is 19.3 Å². The fourth-order valence-corrected chi connectivity index (χ4v) is 3.68. The minimum atomic E-state index is -0.179. The number of piperidine rings is 1. The number of hydrogen-bond donors (Lipinski definition) is 0. The van der Waals surface area contributed by atoms with Crippen molar-refractivity contribution in [3.05, 3.63) is 30.1 Å². The highest BCUT2D eigenvalue weighted by atomic mass is 19.1. The zero-order valence-corrected chi connectivity index (χ0v) is 13.9. The van der Waals surface area contributed by atoms with Crippen LogP contribution in [0.1, 0.15) is 19.3 Å². The van der Waals surface area contributed by atoms with E-state index in [9.17, 15) is 9.18 Å². The van der Waals surface area contributed by atoms with Crippen molar-refractivity contribution in [3.8, 4) is 0 Å². The van der Waals surface area contributed by atoms with Gasteiger partial charge in [-0.15, -0.1) is 0 Å². The summed E-state index contributed by atoms with van der Waals surface area (Å²) in [5.41, 5.74) is 1.11. The van der Waals surface area contributed by atoms with Crippen LogP contribution >= 0.6 is 0 Å². The molecule has 0 bridgehead atoms. The molecule has 1 aromatic rings. The van der Waals surface area contributed by atoms with Crippen LogP contribution in [0.4, 0.5) is 10.1 Å². The number of carbonyl (C=O) groups is 1. The maximum Gasteiger partial charge on any atom is 0.222 e. The van der Waals surface area contributed by atoms with Gasteiger partial charge in [-0.25, -0.2) is 4.39 Å². The van der Waals surface area contributed by atoms with Gasteiger partial charge < -0.3 is 14.7 Å². The lowest BCUT2D eigenvalue weighted by molar-refractivity contribution is -0.133. The molecule has 23 heavy (non-hydrogen) atoms. The lowest BCUT2D eigenvalue weighted by Crippen LogP contribution is -2.42.